The monoisotopic (exact) mass is 258 g/mol. The molecule has 0 aliphatic heterocycles. The van der Waals surface area contributed by atoms with E-state index in [0.29, 0.717) is 17.8 Å². The van der Waals surface area contributed by atoms with E-state index < -0.39 is 0 Å². The summed E-state index contributed by atoms with van der Waals surface area (Å²) in [5, 5.41) is 0. The van der Waals surface area contributed by atoms with Gasteiger partial charge in [-0.15, -0.1) is 0 Å². The fourth-order valence-corrected chi connectivity index (χ4v) is 2.71. The molecule has 2 atom stereocenters. The van der Waals surface area contributed by atoms with Gasteiger partial charge in [0.2, 0.25) is 0 Å². The fraction of sp³-hybridized carbons (Fsp3) is 1.00. The molecule has 0 aromatic heterocycles. The quantitative estimate of drug-likeness (QED) is 0.479. The maximum absolute atomic E-state index is 5.40. The Kier molecular flexibility index (Phi) is 11.9. The van der Waals surface area contributed by atoms with Crippen LogP contribution in [0.15, 0.2) is 0 Å². The summed E-state index contributed by atoms with van der Waals surface area (Å²) in [6.07, 6.45) is 8.06. The Balaban J connectivity index is 4.08. The molecule has 0 aromatic rings. The standard InChI is InChI=1S/C16H34O2/c1-6-7-8-9-10-11-15(12-17-4)16(13-18-5)14(2)3/h14-16H,6-13H2,1-5H3. The maximum atomic E-state index is 5.40. The molecule has 0 aromatic carbocycles. The summed E-state index contributed by atoms with van der Waals surface area (Å²) < 4.78 is 10.8. The van der Waals surface area contributed by atoms with Crippen LogP contribution in [0, 0.1) is 17.8 Å². The van der Waals surface area contributed by atoms with Crippen LogP contribution in [-0.2, 0) is 9.47 Å². The van der Waals surface area contributed by atoms with E-state index in [-0.39, 0.29) is 0 Å². The molecule has 0 fully saturated rings. The third-order valence-corrected chi connectivity index (χ3v) is 3.88. The van der Waals surface area contributed by atoms with E-state index in [1.165, 1.54) is 38.5 Å². The molecule has 0 radical (unpaired) electrons. The van der Waals surface area contributed by atoms with E-state index in [0.717, 1.165) is 13.2 Å². The first-order chi connectivity index (χ1) is 8.67. The number of ether oxygens (including phenoxy) is 2. The van der Waals surface area contributed by atoms with E-state index >= 15 is 0 Å². The highest BCUT2D eigenvalue weighted by atomic mass is 16.5. The van der Waals surface area contributed by atoms with Gasteiger partial charge in [-0.05, 0) is 24.2 Å². The van der Waals surface area contributed by atoms with Gasteiger partial charge in [0.15, 0.2) is 0 Å². The minimum absolute atomic E-state index is 0.626. The fourth-order valence-electron chi connectivity index (χ4n) is 2.71. The molecule has 2 nitrogen and oxygen atoms in total. The third-order valence-electron chi connectivity index (χ3n) is 3.88. The molecular weight excluding hydrogens is 224 g/mol. The molecule has 0 aliphatic rings. The predicted molar refractivity (Wildman–Crippen MR) is 78.9 cm³/mol. The van der Waals surface area contributed by atoms with Crippen LogP contribution < -0.4 is 0 Å². The van der Waals surface area contributed by atoms with Gasteiger partial charge in [-0.2, -0.15) is 0 Å². The molecule has 0 spiro atoms. The zero-order chi connectivity index (χ0) is 13.8. The summed E-state index contributed by atoms with van der Waals surface area (Å²) in [5.74, 6) is 1.94. The van der Waals surface area contributed by atoms with Crippen molar-refractivity contribution in [2.75, 3.05) is 27.4 Å². The van der Waals surface area contributed by atoms with Gasteiger partial charge in [-0.1, -0.05) is 52.9 Å². The second kappa shape index (κ2) is 12.0. The Morgan fingerprint density at radius 2 is 1.44 bits per heavy atom. The van der Waals surface area contributed by atoms with E-state index in [9.17, 15) is 0 Å². The lowest BCUT2D eigenvalue weighted by Crippen LogP contribution is -2.28. The lowest BCUT2D eigenvalue weighted by Gasteiger charge is -2.29. The lowest BCUT2D eigenvalue weighted by molar-refractivity contribution is 0.0432. The highest BCUT2D eigenvalue weighted by molar-refractivity contribution is 4.73. The van der Waals surface area contributed by atoms with Crippen molar-refractivity contribution < 1.29 is 9.47 Å². The van der Waals surface area contributed by atoms with Gasteiger partial charge in [-0.3, -0.25) is 0 Å². The van der Waals surface area contributed by atoms with E-state index in [4.69, 9.17) is 9.47 Å². The van der Waals surface area contributed by atoms with Crippen LogP contribution in [0.4, 0.5) is 0 Å². The van der Waals surface area contributed by atoms with Gasteiger partial charge in [0, 0.05) is 27.4 Å². The summed E-state index contributed by atoms with van der Waals surface area (Å²) >= 11 is 0. The van der Waals surface area contributed by atoms with Crippen LogP contribution >= 0.6 is 0 Å². The number of rotatable bonds is 12. The zero-order valence-corrected chi connectivity index (χ0v) is 13.2. The Labute approximate surface area is 114 Å². The van der Waals surface area contributed by atoms with E-state index in [1.807, 2.05) is 7.11 Å². The lowest BCUT2D eigenvalue weighted by atomic mass is 9.81. The Bertz CT molecular complexity index is 168. The van der Waals surface area contributed by atoms with E-state index in [1.54, 1.807) is 7.11 Å². The molecule has 0 heterocycles. The molecule has 0 bridgehead atoms. The summed E-state index contributed by atoms with van der Waals surface area (Å²) in [4.78, 5) is 0. The van der Waals surface area contributed by atoms with Crippen LogP contribution in [0.25, 0.3) is 0 Å². The molecule has 0 N–H and O–H groups in total. The van der Waals surface area contributed by atoms with Crippen molar-refractivity contribution in [2.45, 2.75) is 59.3 Å². The van der Waals surface area contributed by atoms with Crippen molar-refractivity contribution in [2.24, 2.45) is 17.8 Å². The van der Waals surface area contributed by atoms with Crippen molar-refractivity contribution in [1.82, 2.24) is 0 Å². The van der Waals surface area contributed by atoms with Crippen molar-refractivity contribution in [3.63, 3.8) is 0 Å². The normalized spacial score (nSPS) is 15.0. The SMILES string of the molecule is CCCCCCCC(COC)C(COC)C(C)C. The molecule has 0 saturated carbocycles. The van der Waals surface area contributed by atoms with Crippen LogP contribution in [0.3, 0.4) is 0 Å². The molecule has 2 heteroatoms. The molecule has 2 unspecified atom stereocenters. The number of hydrogen-bond donors (Lipinski definition) is 0. The predicted octanol–water partition coefficient (Wildman–Crippen LogP) is 4.53. The molecule has 0 amide bonds. The smallest absolute Gasteiger partial charge is 0.0496 e. The first-order valence-electron chi connectivity index (χ1n) is 7.65. The third kappa shape index (κ3) is 8.10. The summed E-state index contributed by atoms with van der Waals surface area (Å²) in [6.45, 7) is 8.59. The van der Waals surface area contributed by atoms with Crippen LogP contribution in [0.2, 0.25) is 0 Å². The Morgan fingerprint density at radius 1 is 0.833 bits per heavy atom. The van der Waals surface area contributed by atoms with Crippen molar-refractivity contribution in [3.05, 3.63) is 0 Å². The number of hydrogen-bond acceptors (Lipinski definition) is 2. The van der Waals surface area contributed by atoms with Gasteiger partial charge < -0.3 is 9.47 Å². The zero-order valence-electron chi connectivity index (χ0n) is 13.2. The molecule has 0 rings (SSSR count). The van der Waals surface area contributed by atoms with Gasteiger partial charge in [0.1, 0.15) is 0 Å². The topological polar surface area (TPSA) is 18.5 Å². The molecule has 18 heavy (non-hydrogen) atoms. The van der Waals surface area contributed by atoms with Crippen LogP contribution in [0.5, 0.6) is 0 Å². The largest absolute Gasteiger partial charge is 0.384 e. The summed E-state index contributed by atoms with van der Waals surface area (Å²) in [7, 11) is 3.62. The molecular formula is C16H34O2. The van der Waals surface area contributed by atoms with Gasteiger partial charge in [-0.25, -0.2) is 0 Å². The van der Waals surface area contributed by atoms with Gasteiger partial charge in [0.25, 0.3) is 0 Å². The van der Waals surface area contributed by atoms with E-state index in [2.05, 4.69) is 20.8 Å². The number of methoxy groups -OCH3 is 2. The van der Waals surface area contributed by atoms with Crippen molar-refractivity contribution in [1.29, 1.82) is 0 Å². The van der Waals surface area contributed by atoms with Gasteiger partial charge >= 0.3 is 0 Å². The first kappa shape index (κ1) is 17.9. The van der Waals surface area contributed by atoms with Crippen molar-refractivity contribution >= 4 is 0 Å². The molecule has 0 saturated heterocycles. The summed E-state index contributed by atoms with van der Waals surface area (Å²) in [6, 6.07) is 0. The second-order valence-corrected chi connectivity index (χ2v) is 5.78. The van der Waals surface area contributed by atoms with Crippen LogP contribution in [0.1, 0.15) is 59.3 Å². The average Bonchev–Trinajstić information content (AvgIpc) is 2.34. The second-order valence-electron chi connectivity index (χ2n) is 5.78. The molecule has 0 aliphatic carbocycles. The van der Waals surface area contributed by atoms with Gasteiger partial charge in [0.05, 0.1) is 0 Å². The number of unbranched alkanes of at least 4 members (excludes halogenated alkanes) is 4. The minimum Gasteiger partial charge on any atom is -0.384 e. The highest BCUT2D eigenvalue weighted by Crippen LogP contribution is 2.26. The average molecular weight is 258 g/mol. The first-order valence-corrected chi connectivity index (χ1v) is 7.65. The van der Waals surface area contributed by atoms with Crippen molar-refractivity contribution in [3.8, 4) is 0 Å². The summed E-state index contributed by atoms with van der Waals surface area (Å²) in [5.41, 5.74) is 0. The Morgan fingerprint density at radius 3 is 1.94 bits per heavy atom. The highest BCUT2D eigenvalue weighted by Gasteiger charge is 2.24. The maximum Gasteiger partial charge on any atom is 0.0496 e. The van der Waals surface area contributed by atoms with Crippen LogP contribution in [-0.4, -0.2) is 27.4 Å². The Hall–Kier alpha value is -0.0800. The minimum atomic E-state index is 0.626. The molecule has 110 valence electrons.